The summed E-state index contributed by atoms with van der Waals surface area (Å²) in [7, 11) is 0. The van der Waals surface area contributed by atoms with Crippen molar-refractivity contribution in [3.8, 4) is 5.69 Å². The number of nitrogens with zero attached hydrogens (tertiary/aromatic N) is 3. The van der Waals surface area contributed by atoms with Crippen LogP contribution in [0.2, 0.25) is 0 Å². The molecule has 2 aromatic heterocycles. The molecule has 0 aliphatic carbocycles. The van der Waals surface area contributed by atoms with E-state index in [1.54, 1.807) is 18.3 Å². The Labute approximate surface area is 205 Å². The summed E-state index contributed by atoms with van der Waals surface area (Å²) in [5.74, 6) is -0.271. The van der Waals surface area contributed by atoms with Crippen LogP contribution < -0.4 is 10.2 Å². The van der Waals surface area contributed by atoms with Crippen LogP contribution in [-0.2, 0) is 0 Å². The molecule has 1 aliphatic rings. The first-order valence-corrected chi connectivity index (χ1v) is 11.8. The number of hydrogen-bond acceptors (Lipinski definition) is 2. The van der Waals surface area contributed by atoms with Crippen molar-refractivity contribution in [1.29, 1.82) is 0 Å². The van der Waals surface area contributed by atoms with Gasteiger partial charge < -0.3 is 14.8 Å². The number of rotatable bonds is 4. The second-order valence-electron chi connectivity index (χ2n) is 8.98. The van der Waals surface area contributed by atoms with Gasteiger partial charge in [-0.25, -0.2) is 4.39 Å². The summed E-state index contributed by atoms with van der Waals surface area (Å²) in [4.78, 5) is 6.72. The lowest BCUT2D eigenvalue weighted by atomic mass is 9.96. The molecule has 0 unspecified atom stereocenters. The van der Waals surface area contributed by atoms with Gasteiger partial charge in [0.2, 0.25) is 0 Å². The first kappa shape index (κ1) is 22.3. The van der Waals surface area contributed by atoms with Gasteiger partial charge in [0.25, 0.3) is 0 Å². The molecule has 1 fully saturated rings. The Morgan fingerprint density at radius 3 is 2.24 bits per heavy atom. The van der Waals surface area contributed by atoms with Crippen molar-refractivity contribution in [2.24, 2.45) is 0 Å². The fourth-order valence-corrected chi connectivity index (χ4v) is 5.46. The third-order valence-corrected chi connectivity index (χ3v) is 6.77. The first-order valence-electron chi connectivity index (χ1n) is 11.4. The average molecular weight is 471 g/mol. The standard InChI is InChI=1S/C28H27FN4S/c1-17-13-18(2)15-23(14-17)32-19(3)16-24(20(32)4)27-26(25-7-5-6-12-30-25)31-28(34)33(27)22-10-8-21(29)9-11-22/h5-16,26-27H,1-4H3,(H,31,34)/t26-,27-/m0/s1. The van der Waals surface area contributed by atoms with Gasteiger partial charge in [-0.3, -0.25) is 4.98 Å². The maximum atomic E-state index is 13.7. The van der Waals surface area contributed by atoms with Crippen molar-refractivity contribution in [2.75, 3.05) is 4.90 Å². The van der Waals surface area contributed by atoms with Crippen LogP contribution >= 0.6 is 12.2 Å². The van der Waals surface area contributed by atoms with Gasteiger partial charge in [-0.2, -0.15) is 0 Å². The number of benzene rings is 2. The minimum atomic E-state index is -0.271. The lowest BCUT2D eigenvalue weighted by molar-refractivity contribution is 0.565. The molecule has 0 saturated carbocycles. The van der Waals surface area contributed by atoms with E-state index in [1.165, 1.54) is 23.3 Å². The largest absolute Gasteiger partial charge is 0.351 e. The third kappa shape index (κ3) is 3.88. The van der Waals surface area contributed by atoms with Crippen molar-refractivity contribution < 1.29 is 4.39 Å². The lowest BCUT2D eigenvalue weighted by Gasteiger charge is -2.28. The molecular formula is C28H27FN4S. The molecule has 0 spiro atoms. The Balaban J connectivity index is 1.69. The summed E-state index contributed by atoms with van der Waals surface area (Å²) in [6.07, 6.45) is 1.80. The average Bonchev–Trinajstić information content (AvgIpc) is 3.29. The van der Waals surface area contributed by atoms with Crippen molar-refractivity contribution in [2.45, 2.75) is 39.8 Å². The molecule has 2 aromatic carbocycles. The molecule has 1 N–H and O–H groups in total. The molecule has 3 heterocycles. The minimum Gasteiger partial charge on any atom is -0.351 e. The highest BCUT2D eigenvalue weighted by molar-refractivity contribution is 7.80. The van der Waals surface area contributed by atoms with Crippen LogP contribution in [0.4, 0.5) is 10.1 Å². The third-order valence-electron chi connectivity index (χ3n) is 6.46. The molecule has 0 amide bonds. The number of nitrogens with one attached hydrogen (secondary N) is 1. The fraction of sp³-hybridized carbons (Fsp3) is 0.214. The maximum Gasteiger partial charge on any atom is 0.174 e. The maximum absolute atomic E-state index is 13.7. The number of thiocarbonyl (C=S) groups is 1. The minimum absolute atomic E-state index is 0.140. The highest BCUT2D eigenvalue weighted by Gasteiger charge is 2.42. The quantitative estimate of drug-likeness (QED) is 0.349. The fourth-order valence-electron chi connectivity index (χ4n) is 5.11. The summed E-state index contributed by atoms with van der Waals surface area (Å²) in [6, 6.07) is 21.0. The zero-order valence-electron chi connectivity index (χ0n) is 19.7. The highest BCUT2D eigenvalue weighted by Crippen LogP contribution is 2.43. The second-order valence-corrected chi connectivity index (χ2v) is 9.37. The summed E-state index contributed by atoms with van der Waals surface area (Å²) < 4.78 is 16.0. The van der Waals surface area contributed by atoms with Crippen molar-refractivity contribution in [3.05, 3.63) is 113 Å². The molecule has 4 nitrogen and oxygen atoms in total. The topological polar surface area (TPSA) is 33.1 Å². The Bertz CT molecular complexity index is 1340. The number of hydrogen-bond donors (Lipinski definition) is 1. The van der Waals surface area contributed by atoms with Gasteiger partial charge in [-0.05, 0) is 111 Å². The SMILES string of the molecule is Cc1cc(C)cc(-n2c(C)cc([C@H]3[C@H](c4ccccn4)NC(=S)N3c3ccc(F)cc3)c2C)c1. The smallest absolute Gasteiger partial charge is 0.174 e. The van der Waals surface area contributed by atoms with E-state index in [2.05, 4.69) is 71.7 Å². The van der Waals surface area contributed by atoms with Crippen LogP contribution in [0.5, 0.6) is 0 Å². The molecule has 5 rings (SSSR count). The number of halogens is 1. The van der Waals surface area contributed by atoms with Crippen LogP contribution in [0, 0.1) is 33.5 Å². The monoisotopic (exact) mass is 470 g/mol. The van der Waals surface area contributed by atoms with Gasteiger partial charge in [0.15, 0.2) is 5.11 Å². The van der Waals surface area contributed by atoms with Gasteiger partial charge in [-0.1, -0.05) is 12.1 Å². The van der Waals surface area contributed by atoms with E-state index in [9.17, 15) is 4.39 Å². The zero-order chi connectivity index (χ0) is 24.0. The summed E-state index contributed by atoms with van der Waals surface area (Å²) in [5.41, 5.74) is 8.81. The summed E-state index contributed by atoms with van der Waals surface area (Å²) in [6.45, 7) is 8.53. The molecule has 34 heavy (non-hydrogen) atoms. The Morgan fingerprint density at radius 2 is 1.59 bits per heavy atom. The van der Waals surface area contributed by atoms with Crippen LogP contribution in [0.25, 0.3) is 5.69 Å². The number of anilines is 1. The molecular weight excluding hydrogens is 443 g/mol. The first-order chi connectivity index (χ1) is 16.3. The zero-order valence-corrected chi connectivity index (χ0v) is 20.5. The second kappa shape index (κ2) is 8.69. The Morgan fingerprint density at radius 1 is 0.882 bits per heavy atom. The van der Waals surface area contributed by atoms with Crippen LogP contribution in [0.15, 0.2) is 72.9 Å². The van der Waals surface area contributed by atoms with Gasteiger partial charge in [0.05, 0.1) is 17.8 Å². The normalized spacial score (nSPS) is 17.8. The van der Waals surface area contributed by atoms with E-state index in [0.29, 0.717) is 5.11 Å². The van der Waals surface area contributed by atoms with E-state index in [1.807, 2.05) is 18.2 Å². The van der Waals surface area contributed by atoms with Crippen LogP contribution in [-0.4, -0.2) is 14.7 Å². The predicted octanol–water partition coefficient (Wildman–Crippen LogP) is 6.42. The van der Waals surface area contributed by atoms with E-state index in [-0.39, 0.29) is 17.9 Å². The van der Waals surface area contributed by atoms with Crippen molar-refractivity contribution in [3.63, 3.8) is 0 Å². The van der Waals surface area contributed by atoms with Gasteiger partial charge >= 0.3 is 0 Å². The van der Waals surface area contributed by atoms with Gasteiger partial charge in [0, 0.05) is 29.0 Å². The molecule has 2 atom stereocenters. The Kier molecular flexibility index (Phi) is 5.70. The van der Waals surface area contributed by atoms with E-state index >= 15 is 0 Å². The number of aromatic nitrogens is 2. The van der Waals surface area contributed by atoms with E-state index < -0.39 is 0 Å². The lowest BCUT2D eigenvalue weighted by Crippen LogP contribution is -2.29. The highest BCUT2D eigenvalue weighted by atomic mass is 32.1. The van der Waals surface area contributed by atoms with E-state index in [0.717, 1.165) is 34.0 Å². The summed E-state index contributed by atoms with van der Waals surface area (Å²) in [5, 5.41) is 4.09. The Hall–Kier alpha value is -3.51. The molecule has 172 valence electrons. The molecule has 0 radical (unpaired) electrons. The molecule has 4 aromatic rings. The van der Waals surface area contributed by atoms with Gasteiger partial charge in [-0.15, -0.1) is 0 Å². The molecule has 1 saturated heterocycles. The summed E-state index contributed by atoms with van der Waals surface area (Å²) >= 11 is 5.81. The molecule has 6 heteroatoms. The van der Waals surface area contributed by atoms with E-state index in [4.69, 9.17) is 12.2 Å². The number of aryl methyl sites for hydroxylation is 3. The predicted molar refractivity (Wildman–Crippen MR) is 139 cm³/mol. The van der Waals surface area contributed by atoms with Gasteiger partial charge in [0.1, 0.15) is 5.82 Å². The molecule has 0 bridgehead atoms. The van der Waals surface area contributed by atoms with Crippen molar-refractivity contribution >= 4 is 23.0 Å². The molecule has 1 aliphatic heterocycles. The van der Waals surface area contributed by atoms with Crippen LogP contribution in [0.1, 0.15) is 45.9 Å². The van der Waals surface area contributed by atoms with Crippen molar-refractivity contribution in [1.82, 2.24) is 14.9 Å². The van der Waals surface area contributed by atoms with Crippen LogP contribution in [0.3, 0.4) is 0 Å². The number of pyridine rings is 1.